The van der Waals surface area contributed by atoms with E-state index in [1.54, 1.807) is 76.8 Å². The molecule has 0 radical (unpaired) electrons. The van der Waals surface area contributed by atoms with Crippen LogP contribution in [0, 0.1) is 11.3 Å². The van der Waals surface area contributed by atoms with Crippen LogP contribution in [-0.4, -0.2) is 56.2 Å². The standard InChI is InChI=1S/C29H36N8O4/c1-27(2,3)40-25(38)32-16-29(7)17-37(26(39)41-28(4,5)6)23-19(15-30)13-18(14-20(23)29)21-9-11-31-24(33-21)34-22-10-12-36(8)35-22/h9-14H,16-17H2,1-8H3,(H,32,38)(H,31,33,34,35). The molecule has 4 rings (SSSR count). The SMILES string of the molecule is Cn1ccc(Nc2nccc(-c3cc(C#N)c4c(c3)C(C)(CNC(=O)OC(C)(C)C)CN4C(=O)OC(C)(C)C)n2)n1. The molecule has 1 aromatic carbocycles. The maximum atomic E-state index is 13.3. The quantitative estimate of drug-likeness (QED) is 0.438. The fourth-order valence-corrected chi connectivity index (χ4v) is 4.51. The Kier molecular flexibility index (Phi) is 7.67. The van der Waals surface area contributed by atoms with Gasteiger partial charge >= 0.3 is 12.2 Å². The summed E-state index contributed by atoms with van der Waals surface area (Å²) in [6.45, 7) is 13.0. The van der Waals surface area contributed by atoms with Gasteiger partial charge in [-0.3, -0.25) is 9.58 Å². The van der Waals surface area contributed by atoms with Crippen LogP contribution in [0.1, 0.15) is 59.6 Å². The average Bonchev–Trinajstić information content (AvgIpc) is 3.41. The van der Waals surface area contributed by atoms with E-state index >= 15 is 0 Å². The largest absolute Gasteiger partial charge is 0.444 e. The third-order valence-corrected chi connectivity index (χ3v) is 6.20. The highest BCUT2D eigenvalue weighted by Gasteiger charge is 2.45. The van der Waals surface area contributed by atoms with E-state index in [0.29, 0.717) is 34.3 Å². The van der Waals surface area contributed by atoms with Crippen LogP contribution < -0.4 is 15.5 Å². The van der Waals surface area contributed by atoms with Crippen molar-refractivity contribution in [2.75, 3.05) is 23.3 Å². The second-order valence-corrected chi connectivity index (χ2v) is 12.3. The molecule has 0 bridgehead atoms. The first kappa shape index (κ1) is 29.3. The number of amides is 2. The van der Waals surface area contributed by atoms with E-state index in [-0.39, 0.29) is 18.7 Å². The van der Waals surface area contributed by atoms with Crippen molar-refractivity contribution in [1.82, 2.24) is 25.1 Å². The maximum Gasteiger partial charge on any atom is 0.414 e. The van der Waals surface area contributed by atoms with Crippen LogP contribution >= 0.6 is 0 Å². The number of carbonyl (C=O) groups excluding carboxylic acids is 2. The molecule has 3 heterocycles. The molecule has 0 aliphatic carbocycles. The van der Waals surface area contributed by atoms with Gasteiger partial charge in [-0.1, -0.05) is 6.92 Å². The van der Waals surface area contributed by atoms with E-state index in [1.165, 1.54) is 4.90 Å². The number of benzene rings is 1. The van der Waals surface area contributed by atoms with E-state index in [1.807, 2.05) is 20.0 Å². The summed E-state index contributed by atoms with van der Waals surface area (Å²) in [6.07, 6.45) is 2.26. The normalized spacial score (nSPS) is 16.5. The lowest BCUT2D eigenvalue weighted by Gasteiger charge is -2.28. The third-order valence-electron chi connectivity index (χ3n) is 6.20. The van der Waals surface area contributed by atoms with Gasteiger partial charge in [0, 0.05) is 49.6 Å². The van der Waals surface area contributed by atoms with Gasteiger partial charge in [0.15, 0.2) is 5.82 Å². The minimum Gasteiger partial charge on any atom is -0.444 e. The van der Waals surface area contributed by atoms with Crippen LogP contribution in [0.4, 0.5) is 27.0 Å². The van der Waals surface area contributed by atoms with Crippen molar-refractivity contribution >= 4 is 29.6 Å². The minimum atomic E-state index is -0.771. The molecular formula is C29H36N8O4. The molecule has 216 valence electrons. The summed E-state index contributed by atoms with van der Waals surface area (Å²) >= 11 is 0. The number of hydrogen-bond acceptors (Lipinski definition) is 9. The number of aromatic nitrogens is 4. The maximum absolute atomic E-state index is 13.3. The van der Waals surface area contributed by atoms with E-state index in [4.69, 9.17) is 9.47 Å². The van der Waals surface area contributed by atoms with Crippen LogP contribution in [-0.2, 0) is 21.9 Å². The molecule has 12 nitrogen and oxygen atoms in total. The fraction of sp³-hybridized carbons (Fsp3) is 0.448. The zero-order valence-corrected chi connectivity index (χ0v) is 24.7. The van der Waals surface area contributed by atoms with Gasteiger partial charge in [0.05, 0.1) is 16.9 Å². The molecule has 0 fully saturated rings. The summed E-state index contributed by atoms with van der Waals surface area (Å²) in [6, 6.07) is 9.37. The van der Waals surface area contributed by atoms with Gasteiger partial charge in [-0.25, -0.2) is 19.6 Å². The Labute approximate surface area is 239 Å². The zero-order valence-electron chi connectivity index (χ0n) is 24.7. The number of nitriles is 1. The Hall–Kier alpha value is -4.66. The molecular weight excluding hydrogens is 524 g/mol. The molecule has 1 unspecified atom stereocenters. The highest BCUT2D eigenvalue weighted by Crippen LogP contribution is 2.45. The number of anilines is 3. The van der Waals surface area contributed by atoms with Gasteiger partial charge < -0.3 is 20.1 Å². The van der Waals surface area contributed by atoms with Crippen LogP contribution in [0.3, 0.4) is 0 Å². The molecule has 1 aliphatic rings. The highest BCUT2D eigenvalue weighted by atomic mass is 16.6. The Morgan fingerprint density at radius 3 is 2.44 bits per heavy atom. The summed E-state index contributed by atoms with van der Waals surface area (Å²) in [5.41, 5.74) is 0.462. The molecule has 1 aliphatic heterocycles. The first-order valence-electron chi connectivity index (χ1n) is 13.2. The monoisotopic (exact) mass is 560 g/mol. The molecule has 0 spiro atoms. The molecule has 0 saturated carbocycles. The summed E-state index contributed by atoms with van der Waals surface area (Å²) < 4.78 is 12.8. The number of aryl methyl sites for hydroxylation is 1. The van der Waals surface area contributed by atoms with Crippen LogP contribution in [0.25, 0.3) is 11.3 Å². The van der Waals surface area contributed by atoms with E-state index in [9.17, 15) is 14.9 Å². The lowest BCUT2D eigenvalue weighted by Crippen LogP contribution is -2.45. The Balaban J connectivity index is 1.75. The smallest absolute Gasteiger partial charge is 0.414 e. The van der Waals surface area contributed by atoms with Gasteiger partial charge in [-0.2, -0.15) is 10.4 Å². The molecule has 2 aromatic heterocycles. The third kappa shape index (κ3) is 6.92. The summed E-state index contributed by atoms with van der Waals surface area (Å²) in [5.74, 6) is 0.926. The van der Waals surface area contributed by atoms with E-state index < -0.39 is 28.8 Å². The van der Waals surface area contributed by atoms with Crippen LogP contribution in [0.2, 0.25) is 0 Å². The Morgan fingerprint density at radius 1 is 1.12 bits per heavy atom. The van der Waals surface area contributed by atoms with Crippen molar-refractivity contribution < 1.29 is 19.1 Å². The lowest BCUT2D eigenvalue weighted by molar-refractivity contribution is 0.0517. The Morgan fingerprint density at radius 2 is 1.83 bits per heavy atom. The number of ether oxygens (including phenoxy) is 2. The number of alkyl carbamates (subject to hydrolysis) is 1. The minimum absolute atomic E-state index is 0.152. The van der Waals surface area contributed by atoms with Gasteiger partial charge in [-0.15, -0.1) is 0 Å². The molecule has 12 heteroatoms. The van der Waals surface area contributed by atoms with Crippen molar-refractivity contribution in [3.05, 3.63) is 47.8 Å². The van der Waals surface area contributed by atoms with E-state index in [2.05, 4.69) is 31.8 Å². The molecule has 41 heavy (non-hydrogen) atoms. The number of nitrogens with zero attached hydrogens (tertiary/aromatic N) is 6. The van der Waals surface area contributed by atoms with Crippen LogP contribution in [0.5, 0.6) is 0 Å². The summed E-state index contributed by atoms with van der Waals surface area (Å²) in [7, 11) is 1.81. The molecule has 3 aromatic rings. The molecule has 1 atom stereocenters. The van der Waals surface area contributed by atoms with Crippen molar-refractivity contribution in [1.29, 1.82) is 5.26 Å². The first-order valence-corrected chi connectivity index (χ1v) is 13.2. The lowest BCUT2D eigenvalue weighted by atomic mass is 9.82. The number of fused-ring (bicyclic) bond motifs is 1. The first-order chi connectivity index (χ1) is 19.1. The van der Waals surface area contributed by atoms with Crippen molar-refractivity contribution in [2.45, 2.75) is 65.1 Å². The van der Waals surface area contributed by atoms with Crippen molar-refractivity contribution in [3.8, 4) is 17.3 Å². The topological polar surface area (TPSA) is 147 Å². The van der Waals surface area contributed by atoms with Gasteiger partial charge in [0.2, 0.25) is 5.95 Å². The second kappa shape index (κ2) is 10.7. The van der Waals surface area contributed by atoms with Crippen molar-refractivity contribution in [2.24, 2.45) is 7.05 Å². The average molecular weight is 561 g/mol. The molecule has 2 amide bonds. The van der Waals surface area contributed by atoms with Gasteiger partial charge in [0.25, 0.3) is 0 Å². The van der Waals surface area contributed by atoms with Crippen molar-refractivity contribution in [3.63, 3.8) is 0 Å². The Bertz CT molecular complexity index is 1510. The number of nitrogens with one attached hydrogen (secondary N) is 2. The summed E-state index contributed by atoms with van der Waals surface area (Å²) in [5, 5.41) is 20.4. The van der Waals surface area contributed by atoms with Gasteiger partial charge in [-0.05, 0) is 65.3 Å². The fourth-order valence-electron chi connectivity index (χ4n) is 4.51. The predicted octanol–water partition coefficient (Wildman–Crippen LogP) is 5.03. The summed E-state index contributed by atoms with van der Waals surface area (Å²) in [4.78, 5) is 36.3. The molecule has 2 N–H and O–H groups in total. The van der Waals surface area contributed by atoms with Crippen LogP contribution in [0.15, 0.2) is 36.7 Å². The van der Waals surface area contributed by atoms with E-state index in [0.717, 1.165) is 0 Å². The highest BCUT2D eigenvalue weighted by molar-refractivity contribution is 5.95. The number of rotatable bonds is 5. The predicted molar refractivity (Wildman–Crippen MR) is 154 cm³/mol. The van der Waals surface area contributed by atoms with Gasteiger partial charge in [0.1, 0.15) is 17.3 Å². The second-order valence-electron chi connectivity index (χ2n) is 12.3. The number of hydrogen-bond donors (Lipinski definition) is 2. The molecule has 0 saturated heterocycles. The zero-order chi connectivity index (χ0) is 30.2. The number of carbonyl (C=O) groups is 2.